The van der Waals surface area contributed by atoms with Crippen LogP contribution in [0, 0.1) is 5.92 Å². The summed E-state index contributed by atoms with van der Waals surface area (Å²) in [5, 5.41) is 2.48. The molecule has 1 unspecified atom stereocenters. The first-order valence-electron chi connectivity index (χ1n) is 6.27. The van der Waals surface area contributed by atoms with Crippen LogP contribution in [0.15, 0.2) is 30.3 Å². The Kier molecular flexibility index (Phi) is 4.43. The van der Waals surface area contributed by atoms with E-state index in [1.807, 2.05) is 30.3 Å². The van der Waals surface area contributed by atoms with Crippen molar-refractivity contribution < 1.29 is 4.79 Å². The van der Waals surface area contributed by atoms with Crippen LogP contribution in [-0.2, 0) is 4.79 Å². The van der Waals surface area contributed by atoms with Crippen molar-refractivity contribution in [3.05, 3.63) is 30.3 Å². The van der Waals surface area contributed by atoms with Gasteiger partial charge < -0.3 is 5.32 Å². The van der Waals surface area contributed by atoms with Crippen molar-refractivity contribution in [1.29, 1.82) is 0 Å². The normalized spacial score (nSPS) is 18.6. The van der Waals surface area contributed by atoms with Crippen LogP contribution >= 0.6 is 11.6 Å². The summed E-state index contributed by atoms with van der Waals surface area (Å²) in [6.07, 6.45) is 5.84. The van der Waals surface area contributed by atoms with Crippen molar-refractivity contribution in [1.82, 2.24) is 0 Å². The van der Waals surface area contributed by atoms with Crippen molar-refractivity contribution in [2.24, 2.45) is 5.92 Å². The topological polar surface area (TPSA) is 29.1 Å². The third kappa shape index (κ3) is 3.47. The monoisotopic (exact) mass is 251 g/mol. The number of halogens is 1. The number of hydrogen-bond acceptors (Lipinski definition) is 1. The molecule has 1 aliphatic rings. The third-order valence-electron chi connectivity index (χ3n) is 3.36. The lowest BCUT2D eigenvalue weighted by Gasteiger charge is -2.25. The van der Waals surface area contributed by atoms with E-state index in [-0.39, 0.29) is 5.91 Å². The molecule has 0 bridgehead atoms. The van der Waals surface area contributed by atoms with E-state index in [1.54, 1.807) is 0 Å². The van der Waals surface area contributed by atoms with E-state index in [0.29, 0.717) is 5.92 Å². The van der Waals surface area contributed by atoms with Gasteiger partial charge >= 0.3 is 0 Å². The maximum absolute atomic E-state index is 12.0. The molecule has 0 saturated heterocycles. The lowest BCUT2D eigenvalue weighted by molar-refractivity contribution is -0.116. The molecule has 17 heavy (non-hydrogen) atoms. The molecule has 0 aliphatic heterocycles. The molecule has 0 radical (unpaired) electrons. The Bertz CT molecular complexity index is 360. The number of alkyl halides is 1. The second kappa shape index (κ2) is 6.06. The Labute approximate surface area is 107 Å². The van der Waals surface area contributed by atoms with Crippen molar-refractivity contribution >= 4 is 23.2 Å². The summed E-state index contributed by atoms with van der Waals surface area (Å²) < 4.78 is 0. The Morgan fingerprint density at radius 1 is 1.18 bits per heavy atom. The zero-order chi connectivity index (χ0) is 12.1. The molecule has 1 aliphatic carbocycles. The van der Waals surface area contributed by atoms with Gasteiger partial charge in [-0.1, -0.05) is 37.5 Å². The van der Waals surface area contributed by atoms with Crippen molar-refractivity contribution in [2.75, 3.05) is 5.32 Å². The van der Waals surface area contributed by atoms with Gasteiger partial charge in [-0.3, -0.25) is 4.79 Å². The quantitative estimate of drug-likeness (QED) is 0.814. The highest BCUT2D eigenvalue weighted by Gasteiger charge is 2.27. The van der Waals surface area contributed by atoms with Crippen molar-refractivity contribution in [3.8, 4) is 0 Å². The molecule has 1 atom stereocenters. The second-order valence-corrected chi connectivity index (χ2v) is 5.13. The fourth-order valence-electron chi connectivity index (χ4n) is 2.37. The van der Waals surface area contributed by atoms with Gasteiger partial charge in [0, 0.05) is 5.69 Å². The van der Waals surface area contributed by atoms with Gasteiger partial charge in [0.05, 0.1) is 0 Å². The average Bonchev–Trinajstić information content (AvgIpc) is 2.40. The van der Waals surface area contributed by atoms with Crippen LogP contribution < -0.4 is 5.32 Å². The number of nitrogens with one attached hydrogen (secondary N) is 1. The molecule has 1 aromatic rings. The number of carbonyl (C=O) groups excluding carboxylic acids is 1. The van der Waals surface area contributed by atoms with Crippen LogP contribution in [0.3, 0.4) is 0 Å². The Morgan fingerprint density at radius 2 is 1.82 bits per heavy atom. The Hall–Kier alpha value is -1.02. The van der Waals surface area contributed by atoms with Gasteiger partial charge in [-0.05, 0) is 30.9 Å². The molecule has 1 saturated carbocycles. The fraction of sp³-hybridized carbons (Fsp3) is 0.500. The summed E-state index contributed by atoms with van der Waals surface area (Å²) in [6, 6.07) is 9.48. The lowest BCUT2D eigenvalue weighted by Crippen LogP contribution is -2.31. The minimum Gasteiger partial charge on any atom is -0.325 e. The van der Waals surface area contributed by atoms with Gasteiger partial charge in [0.2, 0.25) is 5.91 Å². The number of amides is 1. The molecule has 1 aromatic carbocycles. The van der Waals surface area contributed by atoms with Gasteiger partial charge in [0.25, 0.3) is 0 Å². The smallest absolute Gasteiger partial charge is 0.242 e. The zero-order valence-electron chi connectivity index (χ0n) is 9.86. The van der Waals surface area contributed by atoms with Gasteiger partial charge in [0.15, 0.2) is 0 Å². The molecular formula is C14H18ClNO. The lowest BCUT2D eigenvalue weighted by atomic mass is 9.86. The first kappa shape index (κ1) is 12.4. The minimum absolute atomic E-state index is 0.0650. The molecule has 0 aromatic heterocycles. The first-order chi connectivity index (χ1) is 8.27. The van der Waals surface area contributed by atoms with Crippen LogP contribution in [-0.4, -0.2) is 11.3 Å². The van der Waals surface area contributed by atoms with Crippen LogP contribution in [0.1, 0.15) is 32.1 Å². The standard InChI is InChI=1S/C14H18ClNO/c15-13(11-7-3-1-4-8-11)14(17)16-12-9-5-2-6-10-12/h2,5-6,9-11,13H,1,3-4,7-8H2,(H,16,17). The number of carbonyl (C=O) groups is 1. The van der Waals surface area contributed by atoms with Gasteiger partial charge in [-0.25, -0.2) is 0 Å². The molecule has 2 rings (SSSR count). The van der Waals surface area contributed by atoms with E-state index in [1.165, 1.54) is 19.3 Å². The van der Waals surface area contributed by atoms with Crippen LogP contribution in [0.5, 0.6) is 0 Å². The highest BCUT2D eigenvalue weighted by Crippen LogP contribution is 2.29. The van der Waals surface area contributed by atoms with Crippen LogP contribution in [0.4, 0.5) is 5.69 Å². The van der Waals surface area contributed by atoms with Crippen molar-refractivity contribution in [2.45, 2.75) is 37.5 Å². The van der Waals surface area contributed by atoms with Gasteiger partial charge in [0.1, 0.15) is 5.38 Å². The maximum atomic E-state index is 12.0. The molecule has 2 nitrogen and oxygen atoms in total. The molecule has 0 spiro atoms. The summed E-state index contributed by atoms with van der Waals surface area (Å²) in [7, 11) is 0. The SMILES string of the molecule is O=C(Nc1ccccc1)C(Cl)C1CCCCC1. The van der Waals surface area contributed by atoms with E-state index < -0.39 is 5.38 Å². The largest absolute Gasteiger partial charge is 0.325 e. The highest BCUT2D eigenvalue weighted by molar-refractivity contribution is 6.32. The van der Waals surface area contributed by atoms with E-state index in [0.717, 1.165) is 18.5 Å². The summed E-state index contributed by atoms with van der Waals surface area (Å²) in [5.74, 6) is 0.277. The number of hydrogen-bond donors (Lipinski definition) is 1. The molecule has 1 fully saturated rings. The Morgan fingerprint density at radius 3 is 2.47 bits per heavy atom. The van der Waals surface area contributed by atoms with Gasteiger partial charge in [-0.15, -0.1) is 11.6 Å². The van der Waals surface area contributed by atoms with E-state index in [9.17, 15) is 4.79 Å². The predicted molar refractivity (Wildman–Crippen MR) is 71.3 cm³/mol. The summed E-state index contributed by atoms with van der Waals surface area (Å²) in [5.41, 5.74) is 0.818. The number of para-hydroxylation sites is 1. The summed E-state index contributed by atoms with van der Waals surface area (Å²) in [6.45, 7) is 0. The van der Waals surface area contributed by atoms with Crippen LogP contribution in [0.2, 0.25) is 0 Å². The molecule has 1 N–H and O–H groups in total. The third-order valence-corrected chi connectivity index (χ3v) is 3.91. The van der Waals surface area contributed by atoms with E-state index >= 15 is 0 Å². The summed E-state index contributed by atoms with van der Waals surface area (Å²) >= 11 is 6.25. The van der Waals surface area contributed by atoms with E-state index in [4.69, 9.17) is 11.6 Å². The number of anilines is 1. The molecule has 92 valence electrons. The average molecular weight is 252 g/mol. The van der Waals surface area contributed by atoms with Crippen LogP contribution in [0.25, 0.3) is 0 Å². The minimum atomic E-state index is -0.393. The fourth-order valence-corrected chi connectivity index (χ4v) is 2.68. The molecule has 1 amide bonds. The summed E-state index contributed by atoms with van der Waals surface area (Å²) in [4.78, 5) is 12.0. The number of rotatable bonds is 3. The predicted octanol–water partition coefficient (Wildman–Crippen LogP) is 3.81. The number of benzene rings is 1. The molecule has 3 heteroatoms. The zero-order valence-corrected chi connectivity index (χ0v) is 10.6. The highest BCUT2D eigenvalue weighted by atomic mass is 35.5. The first-order valence-corrected chi connectivity index (χ1v) is 6.71. The van der Waals surface area contributed by atoms with Gasteiger partial charge in [-0.2, -0.15) is 0 Å². The molecule has 0 heterocycles. The van der Waals surface area contributed by atoms with Crippen molar-refractivity contribution in [3.63, 3.8) is 0 Å². The van der Waals surface area contributed by atoms with E-state index in [2.05, 4.69) is 5.32 Å². The molecular weight excluding hydrogens is 234 g/mol. The second-order valence-electron chi connectivity index (χ2n) is 4.66. The Balaban J connectivity index is 1.90. The maximum Gasteiger partial charge on any atom is 0.242 e.